The van der Waals surface area contributed by atoms with Gasteiger partial charge in [-0.15, -0.1) is 0 Å². The molecule has 3 N–H and O–H groups in total. The van der Waals surface area contributed by atoms with Gasteiger partial charge in [-0.05, 0) is 61.7 Å². The molecule has 2 amide bonds. The number of aromatic nitrogens is 1. The van der Waals surface area contributed by atoms with Crippen LogP contribution in [-0.2, 0) is 9.59 Å². The van der Waals surface area contributed by atoms with E-state index in [1.165, 1.54) is 12.1 Å². The highest BCUT2D eigenvalue weighted by Gasteiger charge is 2.30. The highest BCUT2D eigenvalue weighted by molar-refractivity contribution is 6.05. The SMILES string of the molecule is Cc1ncccc1NC(=O)c1cc(F)cc(-c2ccccc2NC(=O)C2CC2)c1.O=CO. The molecule has 2 aromatic carbocycles. The van der Waals surface area contributed by atoms with Gasteiger partial charge in [0, 0.05) is 28.9 Å². The quantitative estimate of drug-likeness (QED) is 0.512. The molecule has 7 nitrogen and oxygen atoms in total. The van der Waals surface area contributed by atoms with Crippen molar-refractivity contribution in [2.75, 3.05) is 10.6 Å². The van der Waals surface area contributed by atoms with Gasteiger partial charge in [0.05, 0.1) is 11.4 Å². The first kappa shape index (κ1) is 22.6. The van der Waals surface area contributed by atoms with Crippen LogP contribution in [0.5, 0.6) is 0 Å². The van der Waals surface area contributed by atoms with Crippen LogP contribution < -0.4 is 10.6 Å². The molecule has 0 unspecified atom stereocenters. The van der Waals surface area contributed by atoms with Gasteiger partial charge >= 0.3 is 0 Å². The standard InChI is InChI=1S/C23H20FN3O2.CH2O2/c1-14-20(7-4-10-25-14)26-23(29)17-11-16(12-18(24)13-17)19-5-2-3-6-21(19)27-22(28)15-8-9-15;2-1-3/h2-7,10-13,15H,8-9H2,1H3,(H,26,29)(H,27,28);1H,(H,2,3). The van der Waals surface area contributed by atoms with E-state index in [1.54, 1.807) is 43.5 Å². The van der Waals surface area contributed by atoms with Crippen molar-refractivity contribution in [1.82, 2.24) is 4.98 Å². The lowest BCUT2D eigenvalue weighted by Gasteiger charge is -2.13. The summed E-state index contributed by atoms with van der Waals surface area (Å²) in [5.41, 5.74) is 3.21. The number of amides is 2. The third kappa shape index (κ3) is 5.75. The monoisotopic (exact) mass is 435 g/mol. The second-order valence-electron chi connectivity index (χ2n) is 7.23. The number of carboxylic acid groups (broad SMARTS) is 1. The Kier molecular flexibility index (Phi) is 7.28. The molecule has 0 aliphatic heterocycles. The van der Waals surface area contributed by atoms with Crippen molar-refractivity contribution in [2.24, 2.45) is 5.92 Å². The summed E-state index contributed by atoms with van der Waals surface area (Å²) in [6.45, 7) is 1.53. The van der Waals surface area contributed by atoms with Gasteiger partial charge in [-0.25, -0.2) is 4.39 Å². The minimum absolute atomic E-state index is 0.0288. The minimum atomic E-state index is -0.529. The molecule has 1 aliphatic rings. The van der Waals surface area contributed by atoms with Crippen LogP contribution in [0.3, 0.4) is 0 Å². The molecule has 164 valence electrons. The summed E-state index contributed by atoms with van der Waals surface area (Å²) >= 11 is 0. The van der Waals surface area contributed by atoms with Crippen LogP contribution in [0.15, 0.2) is 60.8 Å². The molecule has 1 fully saturated rings. The number of benzene rings is 2. The fourth-order valence-electron chi connectivity index (χ4n) is 3.11. The molecule has 0 saturated heterocycles. The first-order valence-corrected chi connectivity index (χ1v) is 9.94. The Morgan fingerprint density at radius 2 is 1.75 bits per heavy atom. The molecule has 0 spiro atoms. The van der Waals surface area contributed by atoms with Crippen molar-refractivity contribution >= 4 is 29.7 Å². The third-order valence-corrected chi connectivity index (χ3v) is 4.86. The zero-order chi connectivity index (χ0) is 23.1. The second kappa shape index (κ2) is 10.3. The Bertz CT molecular complexity index is 1150. The molecule has 1 aliphatic carbocycles. The van der Waals surface area contributed by atoms with Crippen LogP contribution in [0.4, 0.5) is 15.8 Å². The summed E-state index contributed by atoms with van der Waals surface area (Å²) in [6.07, 6.45) is 3.43. The molecule has 32 heavy (non-hydrogen) atoms. The summed E-state index contributed by atoms with van der Waals surface area (Å²) in [5, 5.41) is 12.6. The summed E-state index contributed by atoms with van der Waals surface area (Å²) in [7, 11) is 0. The number of aryl methyl sites for hydroxylation is 1. The van der Waals surface area contributed by atoms with Crippen molar-refractivity contribution in [3.8, 4) is 11.1 Å². The number of hydrogen-bond acceptors (Lipinski definition) is 4. The van der Waals surface area contributed by atoms with Crippen LogP contribution >= 0.6 is 0 Å². The summed E-state index contributed by atoms with van der Waals surface area (Å²) in [5.74, 6) is -0.932. The number of pyridine rings is 1. The fraction of sp³-hybridized carbons (Fsp3) is 0.167. The van der Waals surface area contributed by atoms with Gasteiger partial charge in [-0.1, -0.05) is 18.2 Å². The fourth-order valence-corrected chi connectivity index (χ4v) is 3.11. The highest BCUT2D eigenvalue weighted by Crippen LogP contribution is 2.33. The van der Waals surface area contributed by atoms with E-state index in [2.05, 4.69) is 15.6 Å². The number of hydrogen-bond donors (Lipinski definition) is 3. The van der Waals surface area contributed by atoms with Crippen LogP contribution in [0.25, 0.3) is 11.1 Å². The van der Waals surface area contributed by atoms with E-state index in [0.29, 0.717) is 28.2 Å². The average molecular weight is 435 g/mol. The minimum Gasteiger partial charge on any atom is -0.483 e. The zero-order valence-electron chi connectivity index (χ0n) is 17.3. The lowest BCUT2D eigenvalue weighted by atomic mass is 10.0. The number of nitrogens with zero attached hydrogens (tertiary/aromatic N) is 1. The van der Waals surface area contributed by atoms with Crippen molar-refractivity contribution in [3.05, 3.63) is 77.9 Å². The molecule has 0 bridgehead atoms. The number of carbonyl (C=O) groups excluding carboxylic acids is 2. The molecule has 4 rings (SSSR count). The number of anilines is 2. The molecular weight excluding hydrogens is 413 g/mol. The zero-order valence-corrected chi connectivity index (χ0v) is 17.3. The lowest BCUT2D eigenvalue weighted by molar-refractivity contribution is -0.123. The average Bonchev–Trinajstić information content (AvgIpc) is 3.61. The van der Waals surface area contributed by atoms with Gasteiger partial charge in [0.15, 0.2) is 0 Å². The first-order valence-electron chi connectivity index (χ1n) is 9.94. The van der Waals surface area contributed by atoms with Gasteiger partial charge in [-0.3, -0.25) is 19.4 Å². The first-order chi connectivity index (χ1) is 15.4. The second-order valence-corrected chi connectivity index (χ2v) is 7.23. The number of rotatable bonds is 5. The molecule has 0 atom stereocenters. The Morgan fingerprint density at radius 1 is 1.06 bits per heavy atom. The topological polar surface area (TPSA) is 108 Å². The lowest BCUT2D eigenvalue weighted by Crippen LogP contribution is -2.15. The maximum Gasteiger partial charge on any atom is 0.290 e. The number of carbonyl (C=O) groups is 3. The van der Waals surface area contributed by atoms with Gasteiger partial charge in [0.1, 0.15) is 5.82 Å². The van der Waals surface area contributed by atoms with E-state index in [0.717, 1.165) is 12.8 Å². The molecule has 8 heteroatoms. The Morgan fingerprint density at radius 3 is 2.44 bits per heavy atom. The molecule has 1 heterocycles. The van der Waals surface area contributed by atoms with E-state index in [9.17, 15) is 14.0 Å². The van der Waals surface area contributed by atoms with Crippen molar-refractivity contribution in [1.29, 1.82) is 0 Å². The van der Waals surface area contributed by atoms with E-state index in [-0.39, 0.29) is 23.9 Å². The normalized spacial score (nSPS) is 12.2. The van der Waals surface area contributed by atoms with Crippen molar-refractivity contribution in [3.63, 3.8) is 0 Å². The van der Waals surface area contributed by atoms with Crippen LogP contribution in [0.1, 0.15) is 28.9 Å². The maximum absolute atomic E-state index is 14.3. The van der Waals surface area contributed by atoms with Crippen LogP contribution in [0, 0.1) is 18.7 Å². The van der Waals surface area contributed by atoms with E-state index in [4.69, 9.17) is 9.90 Å². The van der Waals surface area contributed by atoms with E-state index in [1.807, 2.05) is 12.1 Å². The molecule has 1 aromatic heterocycles. The number of halogens is 1. The van der Waals surface area contributed by atoms with Gasteiger partial charge < -0.3 is 15.7 Å². The maximum atomic E-state index is 14.3. The Balaban J connectivity index is 0.000000913. The van der Waals surface area contributed by atoms with Crippen LogP contribution in [0.2, 0.25) is 0 Å². The van der Waals surface area contributed by atoms with Gasteiger partial charge in [0.2, 0.25) is 5.91 Å². The summed E-state index contributed by atoms with van der Waals surface area (Å²) in [6, 6.07) is 14.8. The molecule has 0 radical (unpaired) electrons. The largest absolute Gasteiger partial charge is 0.483 e. The molecular formula is C24H22FN3O4. The smallest absolute Gasteiger partial charge is 0.290 e. The molecule has 1 saturated carbocycles. The predicted octanol–water partition coefficient (Wildman–Crippen LogP) is 4.50. The van der Waals surface area contributed by atoms with Crippen LogP contribution in [-0.4, -0.2) is 28.4 Å². The Hall–Kier alpha value is -4.07. The van der Waals surface area contributed by atoms with Gasteiger partial charge in [-0.2, -0.15) is 0 Å². The predicted molar refractivity (Wildman–Crippen MR) is 119 cm³/mol. The number of nitrogens with one attached hydrogen (secondary N) is 2. The van der Waals surface area contributed by atoms with Crippen molar-refractivity contribution in [2.45, 2.75) is 19.8 Å². The van der Waals surface area contributed by atoms with E-state index >= 15 is 0 Å². The summed E-state index contributed by atoms with van der Waals surface area (Å²) < 4.78 is 14.3. The molecule has 3 aromatic rings. The van der Waals surface area contributed by atoms with Gasteiger partial charge in [0.25, 0.3) is 12.4 Å². The van der Waals surface area contributed by atoms with E-state index < -0.39 is 11.7 Å². The third-order valence-electron chi connectivity index (χ3n) is 4.86. The summed E-state index contributed by atoms with van der Waals surface area (Å²) in [4.78, 5) is 37.4. The Labute approximate surface area is 184 Å². The highest BCUT2D eigenvalue weighted by atomic mass is 19.1. The van der Waals surface area contributed by atoms with Crippen molar-refractivity contribution < 1.29 is 23.9 Å². The number of para-hydroxylation sites is 1.